The van der Waals surface area contributed by atoms with Gasteiger partial charge in [0, 0.05) is 0 Å². The Morgan fingerprint density at radius 3 is 0.810 bits per heavy atom. The molecule has 0 N–H and O–H groups in total. The minimum atomic E-state index is -7.14. The highest BCUT2D eigenvalue weighted by Crippen LogP contribution is 2.65. The zero-order valence-corrected chi connectivity index (χ0v) is 8.93. The van der Waals surface area contributed by atoms with Crippen molar-refractivity contribution in [2.75, 3.05) is 0 Å². The summed E-state index contributed by atoms with van der Waals surface area (Å²) in [6.07, 6.45) is -28.5. The van der Waals surface area contributed by atoms with E-state index in [4.69, 9.17) is 0 Å². The van der Waals surface area contributed by atoms with Crippen LogP contribution in [0.3, 0.4) is 0 Å². The molecular formula is C6BF12O2. The first-order valence-electron chi connectivity index (χ1n) is 4.40. The summed E-state index contributed by atoms with van der Waals surface area (Å²) in [6.45, 7) is 0. The first kappa shape index (κ1) is 18.2. The molecule has 0 unspecified atom stereocenters. The second-order valence-electron chi connectivity index (χ2n) is 3.69. The van der Waals surface area contributed by atoms with Gasteiger partial charge >= 0.3 is 32.4 Å². The van der Waals surface area contributed by atoms with Gasteiger partial charge in [-0.1, -0.05) is 0 Å². The molecule has 0 aromatic heterocycles. The SMILES string of the molecule is FC(F)(F)C1(C(F)(F)F)O[B]OC1(C(F)(F)F)C(F)(F)F. The molecule has 123 valence electrons. The first-order chi connectivity index (χ1) is 8.96. The van der Waals surface area contributed by atoms with Crippen molar-refractivity contribution in [1.82, 2.24) is 0 Å². The first-order valence-corrected chi connectivity index (χ1v) is 4.40. The van der Waals surface area contributed by atoms with Crippen LogP contribution in [-0.2, 0) is 9.31 Å². The molecule has 1 fully saturated rings. The van der Waals surface area contributed by atoms with Crippen LogP contribution in [0.15, 0.2) is 0 Å². The lowest BCUT2D eigenvalue weighted by molar-refractivity contribution is -0.464. The molecule has 0 aromatic rings. The van der Waals surface area contributed by atoms with E-state index in [-0.39, 0.29) is 0 Å². The van der Waals surface area contributed by atoms with Crippen LogP contribution < -0.4 is 0 Å². The van der Waals surface area contributed by atoms with Gasteiger partial charge in [0.15, 0.2) is 0 Å². The standard InChI is InChI=1S/C6BF12O2/c8-3(9,10)1(4(11,12)13)2(5(14,15)16,6(17,18)19)21-7-20-1. The van der Waals surface area contributed by atoms with Gasteiger partial charge in [-0.05, 0) is 0 Å². The van der Waals surface area contributed by atoms with E-state index in [0.717, 1.165) is 0 Å². The number of hydrogen-bond donors (Lipinski definition) is 0. The van der Waals surface area contributed by atoms with Crippen LogP contribution in [0.5, 0.6) is 0 Å². The highest BCUT2D eigenvalue weighted by molar-refractivity contribution is 6.20. The van der Waals surface area contributed by atoms with E-state index in [2.05, 4.69) is 9.31 Å². The molecule has 0 aliphatic carbocycles. The summed E-state index contributed by atoms with van der Waals surface area (Å²) in [5.41, 5.74) is -13.4. The highest BCUT2D eigenvalue weighted by atomic mass is 19.4. The third-order valence-corrected chi connectivity index (χ3v) is 2.54. The number of halogens is 12. The van der Waals surface area contributed by atoms with Crippen molar-refractivity contribution >= 4 is 7.69 Å². The molecule has 0 spiro atoms. The normalized spacial score (nSPS) is 23.0. The van der Waals surface area contributed by atoms with Crippen molar-refractivity contribution in [2.45, 2.75) is 35.9 Å². The summed E-state index contributed by atoms with van der Waals surface area (Å²) < 4.78 is 156. The fourth-order valence-corrected chi connectivity index (χ4v) is 1.72. The molecule has 0 amide bonds. The highest BCUT2D eigenvalue weighted by Gasteiger charge is 2.97. The van der Waals surface area contributed by atoms with Gasteiger partial charge in [0.05, 0.1) is 0 Å². The molecular weight excluding hydrogens is 343 g/mol. The van der Waals surface area contributed by atoms with Crippen LogP contribution in [0, 0.1) is 0 Å². The Kier molecular flexibility index (Phi) is 3.75. The predicted octanol–water partition coefficient (Wildman–Crippen LogP) is 3.29. The summed E-state index contributed by atoms with van der Waals surface area (Å²) in [5.74, 6) is 0. The summed E-state index contributed by atoms with van der Waals surface area (Å²) in [5, 5.41) is 0. The molecule has 1 aliphatic heterocycles. The Labute approximate surface area is 107 Å². The Hall–Kier alpha value is -0.855. The summed E-state index contributed by atoms with van der Waals surface area (Å²) in [7, 11) is -1.28. The quantitative estimate of drug-likeness (QED) is 0.497. The van der Waals surface area contributed by atoms with E-state index in [1.807, 2.05) is 0 Å². The molecule has 0 bridgehead atoms. The topological polar surface area (TPSA) is 18.5 Å². The van der Waals surface area contributed by atoms with Gasteiger partial charge in [-0.25, -0.2) is 0 Å². The second-order valence-corrected chi connectivity index (χ2v) is 3.69. The number of hydrogen-bond acceptors (Lipinski definition) is 2. The zero-order valence-electron chi connectivity index (χ0n) is 8.93. The molecule has 1 aliphatic rings. The molecule has 0 atom stereocenters. The summed E-state index contributed by atoms with van der Waals surface area (Å²) in [4.78, 5) is 0. The third-order valence-electron chi connectivity index (χ3n) is 2.54. The lowest BCUT2D eigenvalue weighted by Gasteiger charge is -2.46. The Bertz CT molecular complexity index is 336. The van der Waals surface area contributed by atoms with E-state index >= 15 is 0 Å². The van der Waals surface area contributed by atoms with Crippen molar-refractivity contribution in [3.05, 3.63) is 0 Å². The molecule has 1 heterocycles. The lowest BCUT2D eigenvalue weighted by atomic mass is 9.79. The van der Waals surface area contributed by atoms with Crippen LogP contribution in [0.2, 0.25) is 0 Å². The monoisotopic (exact) mass is 343 g/mol. The maximum atomic E-state index is 12.5. The molecule has 21 heavy (non-hydrogen) atoms. The van der Waals surface area contributed by atoms with Gasteiger partial charge in [0.2, 0.25) is 0 Å². The third kappa shape index (κ3) is 2.07. The summed E-state index contributed by atoms with van der Waals surface area (Å²) >= 11 is 0. The van der Waals surface area contributed by atoms with Crippen molar-refractivity contribution < 1.29 is 62.0 Å². The van der Waals surface area contributed by atoms with Gasteiger partial charge < -0.3 is 9.31 Å². The molecule has 1 rings (SSSR count). The molecule has 2 nitrogen and oxygen atoms in total. The van der Waals surface area contributed by atoms with E-state index < -0.39 is 43.6 Å². The van der Waals surface area contributed by atoms with Gasteiger partial charge in [0.1, 0.15) is 0 Å². The van der Waals surface area contributed by atoms with E-state index in [1.54, 1.807) is 0 Å². The summed E-state index contributed by atoms with van der Waals surface area (Å²) in [6, 6.07) is 0. The molecule has 1 saturated heterocycles. The minimum absolute atomic E-state index is 1.28. The van der Waals surface area contributed by atoms with Crippen LogP contribution >= 0.6 is 0 Å². The second kappa shape index (κ2) is 4.33. The zero-order chi connectivity index (χ0) is 17.1. The van der Waals surface area contributed by atoms with Crippen molar-refractivity contribution in [1.29, 1.82) is 0 Å². The average Bonchev–Trinajstić information content (AvgIpc) is 2.53. The van der Waals surface area contributed by atoms with E-state index in [9.17, 15) is 52.7 Å². The Balaban J connectivity index is 3.86. The van der Waals surface area contributed by atoms with Gasteiger partial charge in [0.25, 0.3) is 11.2 Å². The Morgan fingerprint density at radius 1 is 0.476 bits per heavy atom. The van der Waals surface area contributed by atoms with Crippen molar-refractivity contribution in [2.24, 2.45) is 0 Å². The maximum Gasteiger partial charge on any atom is 0.489 e. The smallest absolute Gasteiger partial charge is 0.390 e. The van der Waals surface area contributed by atoms with Gasteiger partial charge in [-0.2, -0.15) is 52.7 Å². The van der Waals surface area contributed by atoms with Crippen LogP contribution in [0.1, 0.15) is 0 Å². The number of alkyl halides is 12. The predicted molar refractivity (Wildman–Crippen MR) is 37.6 cm³/mol. The van der Waals surface area contributed by atoms with Crippen LogP contribution in [0.4, 0.5) is 52.7 Å². The fraction of sp³-hybridized carbons (Fsp3) is 1.00. The van der Waals surface area contributed by atoms with E-state index in [1.165, 1.54) is 0 Å². The molecule has 1 radical (unpaired) electrons. The lowest BCUT2D eigenvalue weighted by Crippen LogP contribution is -2.79. The fourth-order valence-electron chi connectivity index (χ4n) is 1.72. The van der Waals surface area contributed by atoms with Gasteiger partial charge in [-0.15, -0.1) is 0 Å². The van der Waals surface area contributed by atoms with Crippen LogP contribution in [-0.4, -0.2) is 43.6 Å². The van der Waals surface area contributed by atoms with Crippen molar-refractivity contribution in [3.63, 3.8) is 0 Å². The average molecular weight is 343 g/mol. The molecule has 0 aromatic carbocycles. The van der Waals surface area contributed by atoms with Crippen LogP contribution in [0.25, 0.3) is 0 Å². The molecule has 15 heteroatoms. The minimum Gasteiger partial charge on any atom is -0.390 e. The maximum absolute atomic E-state index is 12.5. The van der Waals surface area contributed by atoms with E-state index in [0.29, 0.717) is 0 Å². The van der Waals surface area contributed by atoms with Crippen molar-refractivity contribution in [3.8, 4) is 0 Å². The largest absolute Gasteiger partial charge is 0.489 e. The van der Waals surface area contributed by atoms with Gasteiger partial charge in [-0.3, -0.25) is 0 Å². The Morgan fingerprint density at radius 2 is 0.667 bits per heavy atom. The number of rotatable bonds is 0. The molecule has 0 saturated carbocycles.